The van der Waals surface area contributed by atoms with Crippen LogP contribution in [0.2, 0.25) is 5.02 Å². The largest absolute Gasteiger partial charge is 0.490 e. The molecule has 0 unspecified atom stereocenters. The van der Waals surface area contributed by atoms with Crippen LogP contribution in [0.25, 0.3) is 0 Å². The van der Waals surface area contributed by atoms with Crippen molar-refractivity contribution < 1.29 is 24.2 Å². The molecule has 0 fully saturated rings. The van der Waals surface area contributed by atoms with Crippen molar-refractivity contribution in [2.75, 3.05) is 26.9 Å². The Bertz CT molecular complexity index is 572. The number of amides is 1. The molecular weight excluding hydrogens is 334 g/mol. The Hall–Kier alpha value is -1.79. The fourth-order valence-electron chi connectivity index (χ4n) is 2.26. The van der Waals surface area contributed by atoms with E-state index in [0.29, 0.717) is 36.8 Å². The van der Waals surface area contributed by atoms with Gasteiger partial charge >= 0.3 is 5.97 Å². The zero-order valence-electron chi connectivity index (χ0n) is 14.2. The van der Waals surface area contributed by atoms with E-state index < -0.39 is 17.3 Å². The predicted molar refractivity (Wildman–Crippen MR) is 91.8 cm³/mol. The Labute approximate surface area is 147 Å². The van der Waals surface area contributed by atoms with Crippen molar-refractivity contribution in [2.24, 2.45) is 5.41 Å². The van der Waals surface area contributed by atoms with Gasteiger partial charge in [-0.3, -0.25) is 9.59 Å². The molecule has 1 aromatic carbocycles. The molecular formula is C17H24ClNO5. The third kappa shape index (κ3) is 5.11. The second-order valence-electron chi connectivity index (χ2n) is 5.46. The first-order chi connectivity index (χ1) is 11.4. The minimum atomic E-state index is -0.981. The summed E-state index contributed by atoms with van der Waals surface area (Å²) in [7, 11) is 1.56. The maximum atomic E-state index is 12.5. The van der Waals surface area contributed by atoms with Gasteiger partial charge in [0.15, 0.2) is 0 Å². The van der Waals surface area contributed by atoms with E-state index in [0.717, 1.165) is 0 Å². The number of hydrogen-bond acceptors (Lipinski definition) is 4. The van der Waals surface area contributed by atoms with Gasteiger partial charge in [0.2, 0.25) is 0 Å². The number of benzene rings is 1. The van der Waals surface area contributed by atoms with Crippen LogP contribution in [-0.4, -0.2) is 43.9 Å². The van der Waals surface area contributed by atoms with E-state index in [2.05, 4.69) is 5.32 Å². The Morgan fingerprint density at radius 1 is 1.25 bits per heavy atom. The molecule has 1 amide bonds. The summed E-state index contributed by atoms with van der Waals surface area (Å²) in [5, 5.41) is 12.5. The second-order valence-corrected chi connectivity index (χ2v) is 5.89. The molecule has 6 nitrogen and oxygen atoms in total. The van der Waals surface area contributed by atoms with Crippen molar-refractivity contribution in [1.29, 1.82) is 0 Å². The van der Waals surface area contributed by atoms with Crippen LogP contribution in [0.4, 0.5) is 0 Å². The summed E-state index contributed by atoms with van der Waals surface area (Å²) in [6.45, 7) is 4.31. The molecule has 0 aliphatic rings. The van der Waals surface area contributed by atoms with Crippen LogP contribution in [0, 0.1) is 5.41 Å². The third-order valence-electron chi connectivity index (χ3n) is 4.13. The van der Waals surface area contributed by atoms with Crippen molar-refractivity contribution in [3.05, 3.63) is 28.8 Å². The summed E-state index contributed by atoms with van der Waals surface area (Å²) in [6, 6.07) is 4.73. The summed E-state index contributed by atoms with van der Waals surface area (Å²) >= 11 is 5.96. The molecule has 0 heterocycles. The number of carboxylic acids is 1. The molecule has 1 rings (SSSR count). The number of hydrogen-bond donors (Lipinski definition) is 2. The van der Waals surface area contributed by atoms with E-state index in [-0.39, 0.29) is 12.1 Å². The molecule has 0 saturated carbocycles. The van der Waals surface area contributed by atoms with Crippen LogP contribution < -0.4 is 10.1 Å². The Morgan fingerprint density at radius 3 is 2.46 bits per heavy atom. The molecule has 0 atom stereocenters. The van der Waals surface area contributed by atoms with E-state index in [9.17, 15) is 14.7 Å². The fraction of sp³-hybridized carbons (Fsp3) is 0.529. The standard InChI is InChI=1S/C17H24ClNO5/c1-4-17(5-2,16(21)22)11-19-15(20)13-10-12(18)6-7-14(13)24-9-8-23-3/h6-7,10H,4-5,8-9,11H2,1-3H3,(H,19,20)(H,21,22). The lowest BCUT2D eigenvalue weighted by Crippen LogP contribution is -2.42. The highest BCUT2D eigenvalue weighted by molar-refractivity contribution is 6.31. The van der Waals surface area contributed by atoms with Gasteiger partial charge in [-0.2, -0.15) is 0 Å². The second kappa shape index (κ2) is 9.49. The zero-order valence-corrected chi connectivity index (χ0v) is 15.0. The van der Waals surface area contributed by atoms with Crippen LogP contribution in [0.3, 0.4) is 0 Å². The van der Waals surface area contributed by atoms with Gasteiger partial charge in [0.25, 0.3) is 5.91 Å². The minimum absolute atomic E-state index is 0.0399. The monoisotopic (exact) mass is 357 g/mol. The molecule has 0 aliphatic heterocycles. The normalized spacial score (nSPS) is 11.2. The van der Waals surface area contributed by atoms with Crippen LogP contribution >= 0.6 is 11.6 Å². The van der Waals surface area contributed by atoms with E-state index in [4.69, 9.17) is 21.1 Å². The lowest BCUT2D eigenvalue weighted by Gasteiger charge is -2.27. The van der Waals surface area contributed by atoms with Crippen LogP contribution in [0.5, 0.6) is 5.75 Å². The highest BCUT2D eigenvalue weighted by Crippen LogP contribution is 2.27. The van der Waals surface area contributed by atoms with Crippen molar-refractivity contribution >= 4 is 23.5 Å². The van der Waals surface area contributed by atoms with E-state index in [1.54, 1.807) is 33.1 Å². The molecule has 7 heteroatoms. The van der Waals surface area contributed by atoms with Gasteiger partial charge in [-0.15, -0.1) is 0 Å². The van der Waals surface area contributed by atoms with Gasteiger partial charge in [0.1, 0.15) is 12.4 Å². The highest BCUT2D eigenvalue weighted by atomic mass is 35.5. The number of carbonyl (C=O) groups excluding carboxylic acids is 1. The van der Waals surface area contributed by atoms with E-state index in [1.807, 2.05) is 0 Å². The van der Waals surface area contributed by atoms with Crippen LogP contribution in [-0.2, 0) is 9.53 Å². The molecule has 134 valence electrons. The van der Waals surface area contributed by atoms with Crippen LogP contribution in [0.1, 0.15) is 37.0 Å². The maximum absolute atomic E-state index is 12.5. The van der Waals surface area contributed by atoms with Crippen molar-refractivity contribution in [2.45, 2.75) is 26.7 Å². The molecule has 0 radical (unpaired) electrons. The summed E-state index contributed by atoms with van der Waals surface area (Å²) in [5.41, 5.74) is -0.712. The van der Waals surface area contributed by atoms with Crippen molar-refractivity contribution in [3.8, 4) is 5.75 Å². The topological polar surface area (TPSA) is 84.9 Å². The number of halogens is 1. The van der Waals surface area contributed by atoms with Gasteiger partial charge < -0.3 is 19.9 Å². The van der Waals surface area contributed by atoms with E-state index >= 15 is 0 Å². The SMILES string of the molecule is CCC(CC)(CNC(=O)c1cc(Cl)ccc1OCCOC)C(=O)O. The fourth-order valence-corrected chi connectivity index (χ4v) is 2.44. The van der Waals surface area contributed by atoms with Crippen LogP contribution in [0.15, 0.2) is 18.2 Å². The molecule has 1 aromatic rings. The average Bonchev–Trinajstić information content (AvgIpc) is 2.57. The van der Waals surface area contributed by atoms with Crippen molar-refractivity contribution in [3.63, 3.8) is 0 Å². The molecule has 24 heavy (non-hydrogen) atoms. The smallest absolute Gasteiger partial charge is 0.311 e. The Morgan fingerprint density at radius 2 is 1.92 bits per heavy atom. The number of methoxy groups -OCH3 is 1. The molecule has 0 aromatic heterocycles. The number of carbonyl (C=O) groups is 2. The number of rotatable bonds is 10. The summed E-state index contributed by atoms with van der Waals surface area (Å²) < 4.78 is 10.4. The third-order valence-corrected chi connectivity index (χ3v) is 4.36. The van der Waals surface area contributed by atoms with Gasteiger partial charge in [-0.05, 0) is 31.0 Å². The number of ether oxygens (including phenoxy) is 2. The van der Waals surface area contributed by atoms with Crippen molar-refractivity contribution in [1.82, 2.24) is 5.32 Å². The first-order valence-electron chi connectivity index (χ1n) is 7.83. The molecule has 0 aliphatic carbocycles. The summed E-state index contributed by atoms with van der Waals surface area (Å²) in [6.07, 6.45) is 0.845. The number of aliphatic carboxylic acids is 1. The summed E-state index contributed by atoms with van der Waals surface area (Å²) in [5.74, 6) is -0.962. The van der Waals surface area contributed by atoms with E-state index in [1.165, 1.54) is 6.07 Å². The minimum Gasteiger partial charge on any atom is -0.490 e. The molecule has 0 saturated heterocycles. The lowest BCUT2D eigenvalue weighted by molar-refractivity contribution is -0.149. The first-order valence-corrected chi connectivity index (χ1v) is 8.20. The first kappa shape index (κ1) is 20.3. The Balaban J connectivity index is 2.90. The average molecular weight is 358 g/mol. The Kier molecular flexibility index (Phi) is 8.01. The van der Waals surface area contributed by atoms with Gasteiger partial charge in [-0.1, -0.05) is 25.4 Å². The zero-order chi connectivity index (χ0) is 18.2. The highest BCUT2D eigenvalue weighted by Gasteiger charge is 2.35. The molecule has 2 N–H and O–H groups in total. The van der Waals surface area contributed by atoms with Gasteiger partial charge in [0.05, 0.1) is 17.6 Å². The lowest BCUT2D eigenvalue weighted by atomic mass is 9.82. The molecule has 0 spiro atoms. The number of nitrogens with one attached hydrogen (secondary N) is 1. The summed E-state index contributed by atoms with van der Waals surface area (Å²) in [4.78, 5) is 24.0. The van der Waals surface area contributed by atoms with Gasteiger partial charge in [-0.25, -0.2) is 0 Å². The van der Waals surface area contributed by atoms with Gasteiger partial charge in [0, 0.05) is 18.7 Å². The molecule has 0 bridgehead atoms. The maximum Gasteiger partial charge on any atom is 0.311 e. The predicted octanol–water partition coefficient (Wildman–Crippen LogP) is 2.99. The number of carboxylic acid groups (broad SMARTS) is 1. The quantitative estimate of drug-likeness (QED) is 0.629.